The number of benzene rings is 2. The Morgan fingerprint density at radius 1 is 1.06 bits per heavy atom. The third-order valence-electron chi connectivity index (χ3n) is 5.38. The molecule has 0 bridgehead atoms. The SMILES string of the molecule is CC(=O)Nc1ccc(O)cc1.Cc1sc2c(c1C)C(c1ccc(Cl)cc1)=NCc1nnc(C)n1-2. The Labute approximate surface area is 206 Å². The number of hydrogen-bond acceptors (Lipinski definition) is 6. The molecular weight excluding hydrogens is 470 g/mol. The van der Waals surface area contributed by atoms with Crippen LogP contribution in [0.5, 0.6) is 5.75 Å². The van der Waals surface area contributed by atoms with Crippen molar-refractivity contribution in [3.05, 3.63) is 86.8 Å². The Morgan fingerprint density at radius 2 is 1.74 bits per heavy atom. The number of phenolic OH excluding ortho intramolecular Hbond substituents is 1. The minimum atomic E-state index is -0.115. The highest BCUT2D eigenvalue weighted by molar-refractivity contribution is 7.15. The monoisotopic (exact) mass is 493 g/mol. The zero-order valence-corrected chi connectivity index (χ0v) is 20.8. The van der Waals surface area contributed by atoms with E-state index >= 15 is 0 Å². The van der Waals surface area contributed by atoms with E-state index in [2.05, 4.69) is 33.9 Å². The molecule has 1 aliphatic rings. The van der Waals surface area contributed by atoms with Crippen LogP contribution in [-0.4, -0.2) is 31.5 Å². The van der Waals surface area contributed by atoms with Crippen LogP contribution in [0, 0.1) is 20.8 Å². The number of nitrogens with zero attached hydrogens (tertiary/aromatic N) is 4. The Morgan fingerprint density at radius 3 is 2.38 bits per heavy atom. The van der Waals surface area contributed by atoms with E-state index in [-0.39, 0.29) is 11.7 Å². The quantitative estimate of drug-likeness (QED) is 0.355. The number of aliphatic imine (C=N–C) groups is 1. The van der Waals surface area contributed by atoms with Crippen LogP contribution >= 0.6 is 22.9 Å². The fourth-order valence-electron chi connectivity index (χ4n) is 3.64. The maximum absolute atomic E-state index is 10.5. The van der Waals surface area contributed by atoms with Crippen molar-refractivity contribution in [2.24, 2.45) is 4.99 Å². The number of phenols is 1. The first-order valence-electron chi connectivity index (χ1n) is 10.6. The zero-order chi connectivity index (χ0) is 24.4. The summed E-state index contributed by atoms with van der Waals surface area (Å²) < 4.78 is 2.13. The van der Waals surface area contributed by atoms with Crippen LogP contribution in [0.4, 0.5) is 5.69 Å². The molecule has 2 N–H and O–H groups in total. The van der Waals surface area contributed by atoms with Crippen molar-refractivity contribution in [3.63, 3.8) is 0 Å². The first-order valence-corrected chi connectivity index (χ1v) is 11.8. The number of aromatic hydroxyl groups is 1. The Kier molecular flexibility index (Phi) is 6.81. The number of anilines is 1. The molecule has 0 saturated heterocycles. The van der Waals surface area contributed by atoms with Crippen molar-refractivity contribution in [2.45, 2.75) is 34.2 Å². The van der Waals surface area contributed by atoms with Gasteiger partial charge in [-0.25, -0.2) is 0 Å². The zero-order valence-electron chi connectivity index (χ0n) is 19.3. The molecule has 0 aliphatic carbocycles. The number of hydrogen-bond donors (Lipinski definition) is 2. The number of rotatable bonds is 2. The summed E-state index contributed by atoms with van der Waals surface area (Å²) in [4.78, 5) is 16.7. The van der Waals surface area contributed by atoms with Crippen LogP contribution in [0.1, 0.15) is 40.1 Å². The first kappa shape index (κ1) is 23.7. The molecule has 9 heteroatoms. The summed E-state index contributed by atoms with van der Waals surface area (Å²) in [7, 11) is 0. The lowest BCUT2D eigenvalue weighted by Crippen LogP contribution is -2.07. The summed E-state index contributed by atoms with van der Waals surface area (Å²) in [6.07, 6.45) is 0. The smallest absolute Gasteiger partial charge is 0.221 e. The minimum Gasteiger partial charge on any atom is -0.508 e. The molecule has 0 unspecified atom stereocenters. The second-order valence-electron chi connectivity index (χ2n) is 7.86. The normalized spacial score (nSPS) is 12.0. The van der Waals surface area contributed by atoms with Gasteiger partial charge in [-0.15, -0.1) is 21.5 Å². The fourth-order valence-corrected chi connectivity index (χ4v) is 4.99. The predicted molar refractivity (Wildman–Crippen MR) is 137 cm³/mol. The van der Waals surface area contributed by atoms with Crippen LogP contribution in [0.3, 0.4) is 0 Å². The van der Waals surface area contributed by atoms with Crippen molar-refractivity contribution >= 4 is 40.2 Å². The highest BCUT2D eigenvalue weighted by Crippen LogP contribution is 2.36. The van der Waals surface area contributed by atoms with E-state index in [4.69, 9.17) is 21.7 Å². The number of aromatic nitrogens is 3. The molecule has 0 saturated carbocycles. The van der Waals surface area contributed by atoms with E-state index < -0.39 is 0 Å². The summed E-state index contributed by atoms with van der Waals surface area (Å²) in [5.74, 6) is 1.86. The molecule has 0 radical (unpaired) electrons. The second kappa shape index (κ2) is 9.79. The van der Waals surface area contributed by atoms with Crippen molar-refractivity contribution in [2.75, 3.05) is 5.32 Å². The number of nitrogens with one attached hydrogen (secondary N) is 1. The van der Waals surface area contributed by atoms with Gasteiger partial charge in [-0.1, -0.05) is 23.7 Å². The molecule has 2 aromatic heterocycles. The van der Waals surface area contributed by atoms with Gasteiger partial charge in [0.2, 0.25) is 5.91 Å². The van der Waals surface area contributed by atoms with Crippen LogP contribution in [0.25, 0.3) is 5.00 Å². The molecule has 4 aromatic rings. The maximum atomic E-state index is 10.5. The van der Waals surface area contributed by atoms with Gasteiger partial charge in [0.15, 0.2) is 5.82 Å². The van der Waals surface area contributed by atoms with Gasteiger partial charge >= 0.3 is 0 Å². The number of carbonyl (C=O) groups is 1. The van der Waals surface area contributed by atoms with Crippen molar-refractivity contribution in [1.82, 2.24) is 14.8 Å². The summed E-state index contributed by atoms with van der Waals surface area (Å²) in [5, 5.41) is 21.9. The van der Waals surface area contributed by atoms with Gasteiger partial charge in [-0.2, -0.15) is 0 Å². The van der Waals surface area contributed by atoms with Crippen LogP contribution in [-0.2, 0) is 11.3 Å². The highest BCUT2D eigenvalue weighted by Gasteiger charge is 2.26. The Bertz CT molecular complexity index is 1370. The molecule has 5 rings (SSSR count). The average Bonchev–Trinajstić information content (AvgIpc) is 3.24. The highest BCUT2D eigenvalue weighted by atomic mass is 35.5. The Hall–Kier alpha value is -3.49. The first-order chi connectivity index (χ1) is 16.2. The number of amides is 1. The van der Waals surface area contributed by atoms with E-state index in [0.29, 0.717) is 12.2 Å². The van der Waals surface area contributed by atoms with Crippen LogP contribution < -0.4 is 5.32 Å². The molecule has 1 amide bonds. The summed E-state index contributed by atoms with van der Waals surface area (Å²) in [5.41, 5.74) is 5.21. The molecule has 1 aliphatic heterocycles. The number of fused-ring (bicyclic) bond motifs is 3. The van der Waals surface area contributed by atoms with Gasteiger partial charge < -0.3 is 10.4 Å². The van der Waals surface area contributed by atoms with Crippen LogP contribution in [0.2, 0.25) is 5.02 Å². The molecule has 2 aromatic carbocycles. The number of thiophene rings is 1. The lowest BCUT2D eigenvalue weighted by Gasteiger charge is -2.09. The lowest BCUT2D eigenvalue weighted by molar-refractivity contribution is -0.114. The third-order valence-corrected chi connectivity index (χ3v) is 6.83. The number of carbonyl (C=O) groups excluding carboxylic acids is 1. The topological polar surface area (TPSA) is 92.4 Å². The molecule has 34 heavy (non-hydrogen) atoms. The fraction of sp³-hybridized carbons (Fsp3) is 0.200. The molecule has 0 atom stereocenters. The van der Waals surface area contributed by atoms with E-state index in [1.165, 1.54) is 35.1 Å². The van der Waals surface area contributed by atoms with E-state index in [0.717, 1.165) is 32.9 Å². The molecule has 7 nitrogen and oxygen atoms in total. The largest absolute Gasteiger partial charge is 0.508 e. The van der Waals surface area contributed by atoms with E-state index in [1.807, 2.05) is 31.2 Å². The second-order valence-corrected chi connectivity index (χ2v) is 9.50. The Balaban J connectivity index is 0.000000210. The van der Waals surface area contributed by atoms with Gasteiger partial charge in [-0.05, 0) is 62.7 Å². The van der Waals surface area contributed by atoms with Gasteiger partial charge in [0.05, 0.1) is 5.71 Å². The summed E-state index contributed by atoms with van der Waals surface area (Å²) in [6.45, 7) is 8.25. The molecule has 0 spiro atoms. The van der Waals surface area contributed by atoms with Gasteiger partial charge in [0, 0.05) is 33.6 Å². The lowest BCUT2D eigenvalue weighted by atomic mass is 10.00. The molecule has 174 valence electrons. The van der Waals surface area contributed by atoms with Crippen LogP contribution in [0.15, 0.2) is 53.5 Å². The standard InChI is InChI=1S/C17H15ClN4S.C8H9NO2/c1-9-10(2)23-17-15(9)16(12-4-6-13(18)7-5-12)19-8-14-21-20-11(3)22(14)17;1-6(10)9-7-2-4-8(11)5-3-7/h4-7H,8H2,1-3H3;2-5,11H,1H3,(H,9,10). The van der Waals surface area contributed by atoms with E-state index in [9.17, 15) is 4.79 Å². The van der Waals surface area contributed by atoms with E-state index in [1.54, 1.807) is 23.5 Å². The maximum Gasteiger partial charge on any atom is 0.221 e. The van der Waals surface area contributed by atoms with Gasteiger partial charge in [0.25, 0.3) is 0 Å². The molecule has 3 heterocycles. The molecular formula is C25H24ClN5O2S. The number of halogens is 1. The average molecular weight is 494 g/mol. The van der Waals surface area contributed by atoms with Crippen molar-refractivity contribution < 1.29 is 9.90 Å². The van der Waals surface area contributed by atoms with Crippen molar-refractivity contribution in [3.8, 4) is 10.8 Å². The number of aryl methyl sites for hydroxylation is 2. The minimum absolute atomic E-state index is 0.115. The van der Waals surface area contributed by atoms with Crippen molar-refractivity contribution in [1.29, 1.82) is 0 Å². The third kappa shape index (κ3) is 4.88. The summed E-state index contributed by atoms with van der Waals surface area (Å²) >= 11 is 7.80. The molecule has 0 fully saturated rings. The predicted octanol–water partition coefficient (Wildman–Crippen LogP) is 5.61. The van der Waals surface area contributed by atoms with Gasteiger partial charge in [-0.3, -0.25) is 14.4 Å². The summed E-state index contributed by atoms with van der Waals surface area (Å²) in [6, 6.07) is 14.2. The van der Waals surface area contributed by atoms with Gasteiger partial charge in [0.1, 0.15) is 23.1 Å².